The molecule has 1 fully saturated rings. The number of fused-ring (bicyclic) bond motifs is 3. The van der Waals surface area contributed by atoms with E-state index in [4.69, 9.17) is 9.47 Å². The molecule has 4 atom stereocenters. The Hall–Kier alpha value is -1.21. The zero-order valence-electron chi connectivity index (χ0n) is 12.1. The van der Waals surface area contributed by atoms with Crippen molar-refractivity contribution in [3.63, 3.8) is 0 Å². The molecule has 0 spiro atoms. The summed E-state index contributed by atoms with van der Waals surface area (Å²) in [4.78, 5) is 11.8. The van der Waals surface area contributed by atoms with Gasteiger partial charge < -0.3 is 24.8 Å². The third-order valence-electron chi connectivity index (χ3n) is 4.70. The predicted octanol–water partition coefficient (Wildman–Crippen LogP) is 0.374. The second-order valence-corrected chi connectivity index (χ2v) is 6.36. The number of carbonyl (C=O) groups excluding carboxylic acids is 1. The molecule has 2 bridgehead atoms. The third kappa shape index (κ3) is 2.23. The summed E-state index contributed by atoms with van der Waals surface area (Å²) in [5.74, 6) is -2.01. The fraction of sp³-hybridized carbons (Fsp3) is 0.667. The number of ether oxygens (including phenoxy) is 2. The average molecular weight is 296 g/mol. The molecule has 3 heterocycles. The number of esters is 1. The van der Waals surface area contributed by atoms with E-state index in [-0.39, 0.29) is 23.7 Å². The normalized spacial score (nSPS) is 45.4. The van der Waals surface area contributed by atoms with Gasteiger partial charge in [0.15, 0.2) is 5.79 Å². The van der Waals surface area contributed by atoms with Crippen molar-refractivity contribution < 1.29 is 29.6 Å². The van der Waals surface area contributed by atoms with Crippen LogP contribution in [0.15, 0.2) is 23.0 Å². The standard InChI is InChI=1S/C15H20O6/c1-8-5-10(17)12-9(7-16)13(18)20-11(12)6-14(2)3-4-15(8,19)21-14/h6,8,10,16-17,19H,3-5,7H2,1-2H3/b11-6+/t8?,10?,14-,15+/m1/s1. The van der Waals surface area contributed by atoms with Crippen molar-refractivity contribution in [2.24, 2.45) is 5.92 Å². The minimum Gasteiger partial charge on any atom is -0.423 e. The Balaban J connectivity index is 2.12. The first-order valence-corrected chi connectivity index (χ1v) is 7.18. The van der Waals surface area contributed by atoms with Crippen molar-refractivity contribution in [1.82, 2.24) is 0 Å². The summed E-state index contributed by atoms with van der Waals surface area (Å²) in [6, 6.07) is 0. The van der Waals surface area contributed by atoms with E-state index in [1.54, 1.807) is 13.0 Å². The molecule has 0 aromatic carbocycles. The van der Waals surface area contributed by atoms with Gasteiger partial charge >= 0.3 is 5.97 Å². The topological polar surface area (TPSA) is 96.2 Å². The van der Waals surface area contributed by atoms with Crippen molar-refractivity contribution in [3.05, 3.63) is 23.0 Å². The van der Waals surface area contributed by atoms with Crippen LogP contribution in [-0.4, -0.2) is 45.4 Å². The highest BCUT2D eigenvalue weighted by Gasteiger charge is 2.51. The lowest BCUT2D eigenvalue weighted by Gasteiger charge is -2.32. The SMILES string of the molecule is CC1CC(O)C2=C(CO)C(=O)O/C2=C/[C@@]2(C)CC[C@]1(O)O2. The molecule has 116 valence electrons. The average Bonchev–Trinajstić information content (AvgIpc) is 2.87. The molecule has 0 aliphatic carbocycles. The second kappa shape index (κ2) is 4.64. The molecular weight excluding hydrogens is 276 g/mol. The largest absolute Gasteiger partial charge is 0.423 e. The maximum Gasteiger partial charge on any atom is 0.342 e. The van der Waals surface area contributed by atoms with E-state index in [0.717, 1.165) is 0 Å². The predicted molar refractivity (Wildman–Crippen MR) is 71.7 cm³/mol. The second-order valence-electron chi connectivity index (χ2n) is 6.36. The van der Waals surface area contributed by atoms with Gasteiger partial charge in [0.25, 0.3) is 0 Å². The van der Waals surface area contributed by atoms with Crippen LogP contribution in [0.5, 0.6) is 0 Å². The number of rotatable bonds is 1. The molecular formula is C15H20O6. The molecule has 0 saturated carbocycles. The van der Waals surface area contributed by atoms with Crippen LogP contribution in [0.3, 0.4) is 0 Å². The zero-order chi connectivity index (χ0) is 15.4. The van der Waals surface area contributed by atoms with Gasteiger partial charge in [-0.1, -0.05) is 6.92 Å². The summed E-state index contributed by atoms with van der Waals surface area (Å²) in [5, 5.41) is 30.4. The van der Waals surface area contributed by atoms with E-state index in [9.17, 15) is 20.1 Å². The number of hydrogen-bond acceptors (Lipinski definition) is 6. The minimum atomic E-state index is -1.30. The van der Waals surface area contributed by atoms with Gasteiger partial charge in [0.2, 0.25) is 0 Å². The van der Waals surface area contributed by atoms with E-state index in [1.807, 2.05) is 6.92 Å². The van der Waals surface area contributed by atoms with Gasteiger partial charge in [0, 0.05) is 17.9 Å². The molecule has 0 aromatic heterocycles. The third-order valence-corrected chi connectivity index (χ3v) is 4.70. The molecule has 6 nitrogen and oxygen atoms in total. The van der Waals surface area contributed by atoms with Gasteiger partial charge in [-0.25, -0.2) is 4.79 Å². The molecule has 1 saturated heterocycles. The summed E-state index contributed by atoms with van der Waals surface area (Å²) in [6.45, 7) is 3.13. The summed E-state index contributed by atoms with van der Waals surface area (Å²) in [5.41, 5.74) is -0.372. The van der Waals surface area contributed by atoms with Gasteiger partial charge in [-0.2, -0.15) is 0 Å². The highest BCUT2D eigenvalue weighted by molar-refractivity contribution is 5.95. The number of aliphatic hydroxyl groups excluding tert-OH is 2. The Labute approximate surface area is 122 Å². The number of aliphatic hydroxyl groups is 3. The first-order chi connectivity index (χ1) is 9.78. The molecule has 0 amide bonds. The van der Waals surface area contributed by atoms with Crippen molar-refractivity contribution in [2.75, 3.05) is 6.61 Å². The molecule has 2 unspecified atom stereocenters. The lowest BCUT2D eigenvalue weighted by Crippen LogP contribution is -2.39. The number of hydrogen-bond donors (Lipinski definition) is 3. The fourth-order valence-electron chi connectivity index (χ4n) is 3.39. The minimum absolute atomic E-state index is 0.0781. The van der Waals surface area contributed by atoms with Crippen molar-refractivity contribution >= 4 is 5.97 Å². The summed E-state index contributed by atoms with van der Waals surface area (Å²) >= 11 is 0. The van der Waals surface area contributed by atoms with Crippen LogP contribution in [0, 0.1) is 5.92 Å². The van der Waals surface area contributed by atoms with Gasteiger partial charge in [0.1, 0.15) is 5.76 Å². The first kappa shape index (κ1) is 14.7. The molecule has 3 rings (SSSR count). The van der Waals surface area contributed by atoms with Crippen LogP contribution in [-0.2, 0) is 14.3 Å². The molecule has 3 aliphatic rings. The Morgan fingerprint density at radius 3 is 2.81 bits per heavy atom. The maximum absolute atomic E-state index is 11.8. The molecule has 0 radical (unpaired) electrons. The Morgan fingerprint density at radius 2 is 2.14 bits per heavy atom. The van der Waals surface area contributed by atoms with Crippen molar-refractivity contribution in [1.29, 1.82) is 0 Å². The van der Waals surface area contributed by atoms with Crippen LogP contribution in [0.4, 0.5) is 0 Å². The molecule has 0 aromatic rings. The fourth-order valence-corrected chi connectivity index (χ4v) is 3.39. The van der Waals surface area contributed by atoms with E-state index >= 15 is 0 Å². The van der Waals surface area contributed by atoms with E-state index in [1.165, 1.54) is 0 Å². The Kier molecular flexibility index (Phi) is 3.25. The molecule has 3 N–H and O–H groups in total. The van der Waals surface area contributed by atoms with Gasteiger partial charge in [0.05, 0.1) is 23.9 Å². The lowest BCUT2D eigenvalue weighted by molar-refractivity contribution is -0.238. The maximum atomic E-state index is 11.8. The zero-order valence-corrected chi connectivity index (χ0v) is 12.1. The lowest BCUT2D eigenvalue weighted by atomic mass is 9.86. The number of carbonyl (C=O) groups is 1. The summed E-state index contributed by atoms with van der Waals surface area (Å²) in [7, 11) is 0. The Bertz CT molecular complexity index is 550. The smallest absolute Gasteiger partial charge is 0.342 e. The monoisotopic (exact) mass is 296 g/mol. The van der Waals surface area contributed by atoms with Crippen LogP contribution < -0.4 is 0 Å². The highest BCUT2D eigenvalue weighted by Crippen LogP contribution is 2.46. The molecule has 21 heavy (non-hydrogen) atoms. The highest BCUT2D eigenvalue weighted by atomic mass is 16.6. The van der Waals surface area contributed by atoms with Gasteiger partial charge in [-0.15, -0.1) is 0 Å². The van der Waals surface area contributed by atoms with Gasteiger partial charge in [-0.05, 0) is 25.8 Å². The summed E-state index contributed by atoms with van der Waals surface area (Å²) in [6.07, 6.45) is 1.91. The van der Waals surface area contributed by atoms with E-state index < -0.39 is 30.1 Å². The van der Waals surface area contributed by atoms with E-state index in [2.05, 4.69) is 0 Å². The van der Waals surface area contributed by atoms with Gasteiger partial charge in [-0.3, -0.25) is 0 Å². The van der Waals surface area contributed by atoms with Crippen LogP contribution in [0.1, 0.15) is 33.1 Å². The van der Waals surface area contributed by atoms with E-state index in [0.29, 0.717) is 18.4 Å². The van der Waals surface area contributed by atoms with Crippen molar-refractivity contribution in [3.8, 4) is 0 Å². The summed E-state index contributed by atoms with van der Waals surface area (Å²) < 4.78 is 11.0. The molecule has 6 heteroatoms. The van der Waals surface area contributed by atoms with Crippen LogP contribution in [0.25, 0.3) is 0 Å². The molecule has 3 aliphatic heterocycles. The first-order valence-electron chi connectivity index (χ1n) is 7.18. The van der Waals surface area contributed by atoms with Crippen molar-refractivity contribution in [2.45, 2.75) is 50.6 Å². The van der Waals surface area contributed by atoms with Crippen LogP contribution >= 0.6 is 0 Å². The Morgan fingerprint density at radius 1 is 1.43 bits per heavy atom. The quantitative estimate of drug-likeness (QED) is 0.605. The van der Waals surface area contributed by atoms with Crippen LogP contribution in [0.2, 0.25) is 0 Å².